The Labute approximate surface area is 179 Å². The van der Waals surface area contributed by atoms with Crippen LogP contribution in [0.3, 0.4) is 0 Å². The van der Waals surface area contributed by atoms with Crippen molar-refractivity contribution in [1.29, 1.82) is 0 Å². The summed E-state index contributed by atoms with van der Waals surface area (Å²) in [7, 11) is 0. The Morgan fingerprint density at radius 2 is 1.97 bits per heavy atom. The molecule has 0 saturated carbocycles. The van der Waals surface area contributed by atoms with Gasteiger partial charge >= 0.3 is 0 Å². The number of nitrogens with zero attached hydrogens (tertiary/aromatic N) is 2. The second-order valence-electron chi connectivity index (χ2n) is 7.01. The number of halogens is 1. The van der Waals surface area contributed by atoms with Gasteiger partial charge < -0.3 is 9.67 Å². The SMILES string of the molecule is CCCCCCn1c(=O)c(C(=O)N/N=C\c2cccc(Cl)c2)c(O)c2ccccc21. The molecule has 0 bridgehead atoms. The zero-order chi connectivity index (χ0) is 21.5. The molecule has 2 aromatic carbocycles. The first-order valence-corrected chi connectivity index (χ1v) is 10.3. The molecule has 6 nitrogen and oxygen atoms in total. The van der Waals surface area contributed by atoms with Gasteiger partial charge in [-0.1, -0.05) is 62.1 Å². The number of carbonyl (C=O) groups is 1. The summed E-state index contributed by atoms with van der Waals surface area (Å²) < 4.78 is 1.56. The largest absolute Gasteiger partial charge is 0.506 e. The lowest BCUT2D eigenvalue weighted by Crippen LogP contribution is -2.31. The van der Waals surface area contributed by atoms with Crippen molar-refractivity contribution in [2.75, 3.05) is 0 Å². The number of hydrogen-bond acceptors (Lipinski definition) is 4. The van der Waals surface area contributed by atoms with Gasteiger partial charge in [-0.15, -0.1) is 0 Å². The van der Waals surface area contributed by atoms with Gasteiger partial charge in [-0.2, -0.15) is 5.10 Å². The highest BCUT2D eigenvalue weighted by Gasteiger charge is 2.21. The van der Waals surface area contributed by atoms with Crippen LogP contribution in [-0.4, -0.2) is 21.8 Å². The Bertz CT molecular complexity index is 1140. The maximum absolute atomic E-state index is 13.1. The molecular formula is C23H24ClN3O3. The molecular weight excluding hydrogens is 402 g/mol. The van der Waals surface area contributed by atoms with Crippen molar-refractivity contribution in [1.82, 2.24) is 9.99 Å². The number of nitrogens with one attached hydrogen (secondary N) is 1. The molecule has 0 aliphatic heterocycles. The molecule has 0 radical (unpaired) electrons. The summed E-state index contributed by atoms with van der Waals surface area (Å²) in [5.74, 6) is -1.10. The summed E-state index contributed by atoms with van der Waals surface area (Å²) in [4.78, 5) is 25.8. The van der Waals surface area contributed by atoms with Crippen LogP contribution in [0.1, 0.15) is 48.5 Å². The number of benzene rings is 2. The van der Waals surface area contributed by atoms with Crippen LogP contribution in [0.25, 0.3) is 10.9 Å². The zero-order valence-electron chi connectivity index (χ0n) is 16.8. The Kier molecular flexibility index (Phi) is 7.25. The van der Waals surface area contributed by atoms with Crippen LogP contribution < -0.4 is 11.0 Å². The van der Waals surface area contributed by atoms with Crippen molar-refractivity contribution < 1.29 is 9.90 Å². The molecule has 0 atom stereocenters. The third kappa shape index (κ3) is 4.89. The standard InChI is InChI=1S/C23H24ClN3O3/c1-2-3-4-7-13-27-19-12-6-5-11-18(19)21(28)20(23(27)30)22(29)26-25-15-16-9-8-10-17(24)14-16/h5-6,8-12,14-15,28H,2-4,7,13H2,1H3,(H,26,29)/b25-15-. The number of hydrogen-bond donors (Lipinski definition) is 2. The molecule has 0 spiro atoms. The van der Waals surface area contributed by atoms with Crippen molar-refractivity contribution in [2.24, 2.45) is 5.10 Å². The number of amides is 1. The molecule has 0 unspecified atom stereocenters. The number of unbranched alkanes of at least 4 members (excludes halogenated alkanes) is 3. The Balaban J connectivity index is 1.92. The lowest BCUT2D eigenvalue weighted by Gasteiger charge is -2.14. The Morgan fingerprint density at radius 1 is 1.17 bits per heavy atom. The normalized spacial score (nSPS) is 11.3. The Morgan fingerprint density at radius 3 is 2.73 bits per heavy atom. The van der Waals surface area contributed by atoms with Crippen molar-refractivity contribution in [3.63, 3.8) is 0 Å². The second kappa shape index (κ2) is 10.1. The van der Waals surface area contributed by atoms with Crippen molar-refractivity contribution >= 4 is 34.6 Å². The number of carbonyl (C=O) groups excluding carboxylic acids is 1. The summed E-state index contributed by atoms with van der Waals surface area (Å²) in [6.07, 6.45) is 5.39. The van der Waals surface area contributed by atoms with E-state index in [9.17, 15) is 14.7 Å². The third-order valence-corrected chi connectivity index (χ3v) is 5.07. The van der Waals surface area contributed by atoms with E-state index in [2.05, 4.69) is 17.5 Å². The van der Waals surface area contributed by atoms with Gasteiger partial charge in [0.2, 0.25) is 0 Å². The monoisotopic (exact) mass is 425 g/mol. The number of aromatic nitrogens is 1. The quantitative estimate of drug-likeness (QED) is 0.311. The fourth-order valence-corrected chi connectivity index (χ4v) is 3.52. The lowest BCUT2D eigenvalue weighted by molar-refractivity contribution is 0.0950. The smallest absolute Gasteiger partial charge is 0.280 e. The highest BCUT2D eigenvalue weighted by molar-refractivity contribution is 6.30. The highest BCUT2D eigenvalue weighted by Crippen LogP contribution is 2.26. The number of fused-ring (bicyclic) bond motifs is 1. The predicted octanol–water partition coefficient (Wildman–Crippen LogP) is 4.70. The van der Waals surface area contributed by atoms with Crippen LogP contribution in [0.4, 0.5) is 0 Å². The summed E-state index contributed by atoms with van der Waals surface area (Å²) >= 11 is 5.93. The molecule has 1 aromatic heterocycles. The van der Waals surface area contributed by atoms with E-state index in [1.165, 1.54) is 6.21 Å². The van der Waals surface area contributed by atoms with E-state index in [1.54, 1.807) is 53.1 Å². The molecule has 3 aromatic rings. The molecule has 0 saturated heterocycles. The lowest BCUT2D eigenvalue weighted by atomic mass is 10.1. The molecule has 3 rings (SSSR count). The van der Waals surface area contributed by atoms with Crippen LogP contribution in [0, 0.1) is 0 Å². The van der Waals surface area contributed by atoms with Gasteiger partial charge in [-0.3, -0.25) is 9.59 Å². The number of hydrazone groups is 1. The van der Waals surface area contributed by atoms with Gasteiger partial charge in [0.15, 0.2) is 0 Å². The predicted molar refractivity (Wildman–Crippen MR) is 121 cm³/mol. The van der Waals surface area contributed by atoms with Gasteiger partial charge in [-0.25, -0.2) is 5.43 Å². The van der Waals surface area contributed by atoms with Gasteiger partial charge in [0.25, 0.3) is 11.5 Å². The number of aryl methyl sites for hydroxylation is 1. The maximum Gasteiger partial charge on any atom is 0.280 e. The summed E-state index contributed by atoms with van der Waals surface area (Å²) in [5, 5.41) is 15.5. The minimum absolute atomic E-state index is 0.313. The summed E-state index contributed by atoms with van der Waals surface area (Å²) in [6, 6.07) is 14.0. The average molecular weight is 426 g/mol. The van der Waals surface area contributed by atoms with E-state index in [4.69, 9.17) is 11.6 Å². The molecule has 156 valence electrons. The summed E-state index contributed by atoms with van der Waals surface area (Å²) in [5.41, 5.74) is 2.79. The van der Waals surface area contributed by atoms with Crippen LogP contribution in [-0.2, 0) is 6.54 Å². The first-order valence-electron chi connectivity index (χ1n) is 9.96. The molecule has 1 heterocycles. The molecule has 0 fully saturated rings. The van der Waals surface area contributed by atoms with Crippen LogP contribution >= 0.6 is 11.6 Å². The average Bonchev–Trinajstić information content (AvgIpc) is 2.73. The maximum atomic E-state index is 13.1. The topological polar surface area (TPSA) is 83.7 Å². The Hall–Kier alpha value is -3.12. The number of aromatic hydroxyl groups is 1. The van der Waals surface area contributed by atoms with E-state index < -0.39 is 11.5 Å². The number of rotatable bonds is 8. The number of para-hydroxylation sites is 1. The van der Waals surface area contributed by atoms with Crippen LogP contribution in [0.2, 0.25) is 5.02 Å². The van der Waals surface area contributed by atoms with Crippen molar-refractivity contribution in [3.05, 3.63) is 75.0 Å². The van der Waals surface area contributed by atoms with Crippen molar-refractivity contribution in [3.8, 4) is 5.75 Å². The van der Waals surface area contributed by atoms with Crippen LogP contribution in [0.5, 0.6) is 5.75 Å². The van der Waals surface area contributed by atoms with E-state index in [-0.39, 0.29) is 11.3 Å². The fourth-order valence-electron chi connectivity index (χ4n) is 3.32. The van der Waals surface area contributed by atoms with Gasteiger partial charge in [0.1, 0.15) is 11.3 Å². The molecule has 0 aliphatic rings. The molecule has 0 aliphatic carbocycles. The third-order valence-electron chi connectivity index (χ3n) is 4.84. The van der Waals surface area contributed by atoms with E-state index in [0.717, 1.165) is 25.7 Å². The first-order chi connectivity index (χ1) is 14.5. The minimum atomic E-state index is -0.760. The van der Waals surface area contributed by atoms with Gasteiger partial charge in [0, 0.05) is 17.0 Å². The highest BCUT2D eigenvalue weighted by atomic mass is 35.5. The molecule has 7 heteroatoms. The minimum Gasteiger partial charge on any atom is -0.506 e. The second-order valence-corrected chi connectivity index (χ2v) is 7.45. The zero-order valence-corrected chi connectivity index (χ0v) is 17.5. The summed E-state index contributed by atoms with van der Waals surface area (Å²) in [6.45, 7) is 2.60. The fraction of sp³-hybridized carbons (Fsp3) is 0.261. The van der Waals surface area contributed by atoms with Crippen LogP contribution in [0.15, 0.2) is 58.4 Å². The molecule has 1 amide bonds. The molecule has 2 N–H and O–H groups in total. The van der Waals surface area contributed by atoms with Gasteiger partial charge in [0.05, 0.1) is 11.7 Å². The van der Waals surface area contributed by atoms with Crippen molar-refractivity contribution in [2.45, 2.75) is 39.2 Å². The molecule has 30 heavy (non-hydrogen) atoms. The van der Waals surface area contributed by atoms with E-state index in [0.29, 0.717) is 28.0 Å². The van der Waals surface area contributed by atoms with E-state index >= 15 is 0 Å². The first kappa shape index (κ1) is 21.6. The number of pyridine rings is 1. The van der Waals surface area contributed by atoms with Gasteiger partial charge in [-0.05, 0) is 36.2 Å². The van der Waals surface area contributed by atoms with E-state index in [1.807, 2.05) is 0 Å².